The molecule has 0 radical (unpaired) electrons. The fourth-order valence-electron chi connectivity index (χ4n) is 3.53. The average Bonchev–Trinajstić information content (AvgIpc) is 2.53. The third-order valence-electron chi connectivity index (χ3n) is 4.78. The van der Waals surface area contributed by atoms with Crippen LogP contribution >= 0.6 is 0 Å². The highest BCUT2D eigenvalue weighted by Crippen LogP contribution is 2.22. The Labute approximate surface area is 151 Å². The molecule has 1 aromatic rings. The molecule has 2 amide bonds. The molecule has 5 heteroatoms. The van der Waals surface area contributed by atoms with E-state index in [2.05, 4.69) is 48.3 Å². The Kier molecular flexibility index (Phi) is 7.00. The van der Waals surface area contributed by atoms with Crippen molar-refractivity contribution in [2.75, 3.05) is 26.7 Å². The minimum atomic E-state index is -0.141. The van der Waals surface area contributed by atoms with Crippen LogP contribution in [0.3, 0.4) is 0 Å². The van der Waals surface area contributed by atoms with Gasteiger partial charge in [0, 0.05) is 40.2 Å². The SMILES string of the molecule is CC(=O)N(C)CC(=O)NCc1ccc(CN2C[C@@H](C)C[C@H](C)C2)cc1. The molecule has 5 nitrogen and oxygen atoms in total. The summed E-state index contributed by atoms with van der Waals surface area (Å²) in [5.41, 5.74) is 2.38. The Balaban J connectivity index is 1.79. The number of hydrogen-bond acceptors (Lipinski definition) is 3. The topological polar surface area (TPSA) is 52.7 Å². The molecule has 1 fully saturated rings. The third-order valence-corrected chi connectivity index (χ3v) is 4.78. The lowest BCUT2D eigenvalue weighted by molar-refractivity contribution is -0.133. The van der Waals surface area contributed by atoms with E-state index in [-0.39, 0.29) is 18.4 Å². The minimum absolute atomic E-state index is 0.0960. The van der Waals surface area contributed by atoms with Crippen LogP contribution in [0.4, 0.5) is 0 Å². The van der Waals surface area contributed by atoms with Gasteiger partial charge in [0.05, 0.1) is 6.54 Å². The zero-order chi connectivity index (χ0) is 18.4. The van der Waals surface area contributed by atoms with Gasteiger partial charge in [0.1, 0.15) is 0 Å². The van der Waals surface area contributed by atoms with E-state index in [1.165, 1.54) is 36.9 Å². The Morgan fingerprint density at radius 1 is 1.12 bits per heavy atom. The fourth-order valence-corrected chi connectivity index (χ4v) is 3.53. The van der Waals surface area contributed by atoms with Crippen LogP contribution in [-0.4, -0.2) is 48.3 Å². The summed E-state index contributed by atoms with van der Waals surface area (Å²) in [6.07, 6.45) is 1.33. The van der Waals surface area contributed by atoms with Gasteiger partial charge in [-0.2, -0.15) is 0 Å². The molecule has 1 aliphatic rings. The van der Waals surface area contributed by atoms with Gasteiger partial charge in [0.15, 0.2) is 0 Å². The molecule has 1 aliphatic heterocycles. The zero-order valence-electron chi connectivity index (χ0n) is 15.9. The number of likely N-dealkylation sites (tertiary alicyclic amines) is 1. The average molecular weight is 345 g/mol. The van der Waals surface area contributed by atoms with Crippen molar-refractivity contribution in [3.05, 3.63) is 35.4 Å². The summed E-state index contributed by atoms with van der Waals surface area (Å²) in [4.78, 5) is 26.9. The summed E-state index contributed by atoms with van der Waals surface area (Å²) in [6.45, 7) is 10.0. The second-order valence-electron chi connectivity index (χ2n) is 7.61. The van der Waals surface area contributed by atoms with Crippen molar-refractivity contribution in [3.8, 4) is 0 Å². The number of nitrogens with one attached hydrogen (secondary N) is 1. The monoisotopic (exact) mass is 345 g/mol. The second kappa shape index (κ2) is 8.99. The zero-order valence-corrected chi connectivity index (χ0v) is 15.9. The molecule has 0 saturated carbocycles. The molecule has 2 atom stereocenters. The van der Waals surface area contributed by atoms with Crippen LogP contribution < -0.4 is 5.32 Å². The van der Waals surface area contributed by atoms with Crippen LogP contribution in [0.25, 0.3) is 0 Å². The number of likely N-dealkylation sites (N-methyl/N-ethyl adjacent to an activating group) is 1. The van der Waals surface area contributed by atoms with E-state index in [1.807, 2.05) is 0 Å². The lowest BCUT2D eigenvalue weighted by Crippen LogP contribution is -2.38. The number of carbonyl (C=O) groups excluding carboxylic acids is 2. The molecule has 1 N–H and O–H groups in total. The molecule has 1 heterocycles. The van der Waals surface area contributed by atoms with Crippen LogP contribution in [0.5, 0.6) is 0 Å². The molecule has 0 spiro atoms. The van der Waals surface area contributed by atoms with Crippen molar-refractivity contribution in [1.82, 2.24) is 15.1 Å². The Hall–Kier alpha value is -1.88. The maximum Gasteiger partial charge on any atom is 0.239 e. The second-order valence-corrected chi connectivity index (χ2v) is 7.61. The largest absolute Gasteiger partial charge is 0.350 e. The molecule has 0 aromatic heterocycles. The van der Waals surface area contributed by atoms with E-state index in [4.69, 9.17) is 0 Å². The highest BCUT2D eigenvalue weighted by atomic mass is 16.2. The van der Waals surface area contributed by atoms with E-state index in [9.17, 15) is 9.59 Å². The number of amides is 2. The van der Waals surface area contributed by atoms with Crippen molar-refractivity contribution in [2.24, 2.45) is 11.8 Å². The molecule has 1 aromatic carbocycles. The first-order valence-corrected chi connectivity index (χ1v) is 9.12. The van der Waals surface area contributed by atoms with Gasteiger partial charge in [0.2, 0.25) is 11.8 Å². The summed E-state index contributed by atoms with van der Waals surface area (Å²) in [6, 6.07) is 8.43. The summed E-state index contributed by atoms with van der Waals surface area (Å²) in [5.74, 6) is 1.29. The van der Waals surface area contributed by atoms with Crippen molar-refractivity contribution in [3.63, 3.8) is 0 Å². The van der Waals surface area contributed by atoms with E-state index in [1.54, 1.807) is 7.05 Å². The van der Waals surface area contributed by atoms with Crippen molar-refractivity contribution < 1.29 is 9.59 Å². The van der Waals surface area contributed by atoms with Crippen LogP contribution in [0.1, 0.15) is 38.3 Å². The summed E-state index contributed by atoms with van der Waals surface area (Å²) >= 11 is 0. The van der Waals surface area contributed by atoms with Gasteiger partial charge < -0.3 is 10.2 Å². The lowest BCUT2D eigenvalue weighted by atomic mass is 9.91. The highest BCUT2D eigenvalue weighted by molar-refractivity contribution is 5.83. The fraction of sp³-hybridized carbons (Fsp3) is 0.600. The lowest BCUT2D eigenvalue weighted by Gasteiger charge is -2.35. The molecule has 25 heavy (non-hydrogen) atoms. The number of piperidine rings is 1. The van der Waals surface area contributed by atoms with Crippen LogP contribution in [0.15, 0.2) is 24.3 Å². The van der Waals surface area contributed by atoms with E-state index >= 15 is 0 Å². The van der Waals surface area contributed by atoms with Gasteiger partial charge in [0.25, 0.3) is 0 Å². The number of carbonyl (C=O) groups is 2. The van der Waals surface area contributed by atoms with Gasteiger partial charge in [-0.15, -0.1) is 0 Å². The quantitative estimate of drug-likeness (QED) is 0.860. The standard InChI is InChI=1S/C20H31N3O2/c1-15-9-16(2)12-23(11-15)13-19-7-5-18(6-8-19)10-21-20(25)14-22(4)17(3)24/h5-8,15-16H,9-14H2,1-4H3,(H,21,25)/t15-,16-/m0/s1. The van der Waals surface area contributed by atoms with Gasteiger partial charge >= 0.3 is 0 Å². The van der Waals surface area contributed by atoms with Crippen LogP contribution in [0, 0.1) is 11.8 Å². The molecule has 0 bridgehead atoms. The first-order valence-electron chi connectivity index (χ1n) is 9.12. The van der Waals surface area contributed by atoms with E-state index in [0.717, 1.165) is 23.9 Å². The first-order chi connectivity index (χ1) is 11.8. The predicted octanol–water partition coefficient (Wildman–Crippen LogP) is 2.26. The maximum atomic E-state index is 11.8. The van der Waals surface area contributed by atoms with Crippen molar-refractivity contribution in [2.45, 2.75) is 40.3 Å². The molecule has 0 aliphatic carbocycles. The van der Waals surface area contributed by atoms with E-state index in [0.29, 0.717) is 6.54 Å². The molecule has 0 unspecified atom stereocenters. The Morgan fingerprint density at radius 2 is 1.68 bits per heavy atom. The van der Waals surface area contributed by atoms with Crippen molar-refractivity contribution >= 4 is 11.8 Å². The highest BCUT2D eigenvalue weighted by Gasteiger charge is 2.21. The number of benzene rings is 1. The predicted molar refractivity (Wildman–Crippen MR) is 99.8 cm³/mol. The van der Waals surface area contributed by atoms with Gasteiger partial charge in [-0.3, -0.25) is 14.5 Å². The molecular formula is C20H31N3O2. The minimum Gasteiger partial charge on any atom is -0.350 e. The van der Waals surface area contributed by atoms with Gasteiger partial charge in [-0.25, -0.2) is 0 Å². The summed E-state index contributed by atoms with van der Waals surface area (Å²) in [5, 5.41) is 2.85. The number of nitrogens with zero attached hydrogens (tertiary/aromatic N) is 2. The Bertz CT molecular complexity index is 575. The van der Waals surface area contributed by atoms with Gasteiger partial charge in [-0.1, -0.05) is 38.1 Å². The summed E-state index contributed by atoms with van der Waals surface area (Å²) in [7, 11) is 1.62. The molecule has 1 saturated heterocycles. The van der Waals surface area contributed by atoms with Crippen molar-refractivity contribution in [1.29, 1.82) is 0 Å². The van der Waals surface area contributed by atoms with E-state index < -0.39 is 0 Å². The molecular weight excluding hydrogens is 314 g/mol. The number of rotatable bonds is 6. The summed E-state index contributed by atoms with van der Waals surface area (Å²) < 4.78 is 0. The third kappa shape index (κ3) is 6.50. The van der Waals surface area contributed by atoms with Crippen LogP contribution in [-0.2, 0) is 22.7 Å². The first kappa shape index (κ1) is 19.4. The van der Waals surface area contributed by atoms with Crippen LogP contribution in [0.2, 0.25) is 0 Å². The maximum absolute atomic E-state index is 11.8. The normalized spacial score (nSPS) is 21.0. The smallest absolute Gasteiger partial charge is 0.239 e. The Morgan fingerprint density at radius 3 is 2.24 bits per heavy atom. The molecule has 2 rings (SSSR count). The molecule has 138 valence electrons. The van der Waals surface area contributed by atoms with Gasteiger partial charge in [-0.05, 0) is 29.4 Å². The number of hydrogen-bond donors (Lipinski definition) is 1.